The van der Waals surface area contributed by atoms with Crippen molar-refractivity contribution in [3.63, 3.8) is 0 Å². The first kappa shape index (κ1) is 19.4. The summed E-state index contributed by atoms with van der Waals surface area (Å²) in [5.74, 6) is -1.53. The predicted molar refractivity (Wildman–Crippen MR) is 101 cm³/mol. The van der Waals surface area contributed by atoms with Crippen LogP contribution < -0.4 is 0 Å². The molecule has 0 aromatic heterocycles. The number of benzene rings is 1. The zero-order valence-corrected chi connectivity index (χ0v) is 16.8. The molecule has 2 saturated heterocycles. The molecule has 0 radical (unpaired) electrons. The molecule has 5 rings (SSSR count). The lowest BCUT2D eigenvalue weighted by Gasteiger charge is -2.42. The van der Waals surface area contributed by atoms with E-state index in [-0.39, 0.29) is 23.6 Å². The van der Waals surface area contributed by atoms with Gasteiger partial charge in [-0.25, -0.2) is 9.59 Å². The van der Waals surface area contributed by atoms with E-state index in [9.17, 15) is 19.2 Å². The normalized spacial score (nSPS) is 25.0. The Morgan fingerprint density at radius 2 is 1.69 bits per heavy atom. The molecule has 4 aliphatic rings. The summed E-state index contributed by atoms with van der Waals surface area (Å²) in [6.07, 6.45) is 1.69. The van der Waals surface area contributed by atoms with E-state index in [0.29, 0.717) is 23.9 Å². The molecule has 8 heteroatoms. The van der Waals surface area contributed by atoms with Crippen LogP contribution in [0.1, 0.15) is 67.2 Å². The van der Waals surface area contributed by atoms with Gasteiger partial charge in [0.2, 0.25) is 0 Å². The molecule has 8 nitrogen and oxygen atoms in total. The quantitative estimate of drug-likeness (QED) is 0.722. The SMILES string of the molecule is CC(C)(C)OC(=O)N1CC2CC1(CCC(=O)ON1C(=O)c3ccccc3C1=O)C2. The third-order valence-electron chi connectivity index (χ3n) is 5.71. The molecular weight excluding hydrogens is 376 g/mol. The van der Waals surface area contributed by atoms with Crippen molar-refractivity contribution in [3.8, 4) is 0 Å². The Bertz CT molecular complexity index is 862. The maximum absolute atomic E-state index is 12.5. The van der Waals surface area contributed by atoms with E-state index in [1.165, 1.54) is 12.1 Å². The van der Waals surface area contributed by atoms with Gasteiger partial charge in [0.15, 0.2) is 0 Å². The lowest BCUT2D eigenvalue weighted by molar-refractivity contribution is -0.169. The molecular formula is C21H24N2O6. The van der Waals surface area contributed by atoms with Gasteiger partial charge >= 0.3 is 12.1 Å². The highest BCUT2D eigenvalue weighted by Gasteiger charge is 2.58. The maximum Gasteiger partial charge on any atom is 0.410 e. The van der Waals surface area contributed by atoms with Crippen LogP contribution in [-0.4, -0.2) is 51.5 Å². The van der Waals surface area contributed by atoms with Gasteiger partial charge in [0.1, 0.15) is 5.60 Å². The Balaban J connectivity index is 1.36. The third-order valence-corrected chi connectivity index (χ3v) is 5.71. The van der Waals surface area contributed by atoms with Crippen molar-refractivity contribution >= 4 is 23.9 Å². The largest absolute Gasteiger partial charge is 0.444 e. The highest BCUT2D eigenvalue weighted by molar-refractivity contribution is 6.20. The molecule has 154 valence electrons. The Morgan fingerprint density at radius 1 is 1.10 bits per heavy atom. The van der Waals surface area contributed by atoms with Gasteiger partial charge in [-0.3, -0.25) is 9.59 Å². The number of amides is 3. The van der Waals surface area contributed by atoms with Gasteiger partial charge in [0, 0.05) is 12.1 Å². The maximum atomic E-state index is 12.5. The van der Waals surface area contributed by atoms with Gasteiger partial charge in [-0.15, -0.1) is 0 Å². The van der Waals surface area contributed by atoms with Crippen molar-refractivity contribution in [1.29, 1.82) is 0 Å². The summed E-state index contributed by atoms with van der Waals surface area (Å²) in [4.78, 5) is 56.3. The molecule has 1 aliphatic carbocycles. The second kappa shape index (κ2) is 6.57. The van der Waals surface area contributed by atoms with E-state index in [1.807, 2.05) is 20.8 Å². The molecule has 1 saturated carbocycles. The molecule has 2 bridgehead atoms. The monoisotopic (exact) mass is 400 g/mol. The van der Waals surface area contributed by atoms with E-state index in [4.69, 9.17) is 9.57 Å². The average Bonchev–Trinajstić information content (AvgIpc) is 3.24. The highest BCUT2D eigenvalue weighted by atomic mass is 16.7. The predicted octanol–water partition coefficient (Wildman–Crippen LogP) is 2.92. The van der Waals surface area contributed by atoms with Gasteiger partial charge in [0.05, 0.1) is 17.5 Å². The number of fused-ring (bicyclic) bond motifs is 2. The summed E-state index contributed by atoms with van der Waals surface area (Å²) in [6, 6.07) is 6.34. The lowest BCUT2D eigenvalue weighted by Crippen LogP contribution is -2.50. The minimum absolute atomic E-state index is 0.000572. The van der Waals surface area contributed by atoms with Crippen LogP contribution in [0.25, 0.3) is 0 Å². The summed E-state index contributed by atoms with van der Waals surface area (Å²) in [6.45, 7) is 6.08. The number of imide groups is 1. The molecule has 0 N–H and O–H groups in total. The molecule has 3 amide bonds. The minimum atomic E-state index is -0.673. The second-order valence-corrected chi connectivity index (χ2v) is 9.00. The Morgan fingerprint density at radius 3 is 2.24 bits per heavy atom. The second-order valence-electron chi connectivity index (χ2n) is 9.00. The summed E-state index contributed by atoms with van der Waals surface area (Å²) in [5.41, 5.74) is -0.556. The van der Waals surface area contributed by atoms with Crippen molar-refractivity contribution in [1.82, 2.24) is 9.96 Å². The van der Waals surface area contributed by atoms with Crippen LogP contribution in [0.2, 0.25) is 0 Å². The molecule has 3 fully saturated rings. The lowest BCUT2D eigenvalue weighted by atomic mass is 9.71. The van der Waals surface area contributed by atoms with Crippen LogP contribution in [0.15, 0.2) is 24.3 Å². The number of rotatable bonds is 4. The first-order chi connectivity index (χ1) is 13.6. The smallest absolute Gasteiger partial charge is 0.410 e. The number of carbonyl (C=O) groups excluding carboxylic acids is 4. The Kier molecular flexibility index (Phi) is 4.40. The van der Waals surface area contributed by atoms with Crippen LogP contribution in [0.5, 0.6) is 0 Å². The molecule has 1 aromatic rings. The minimum Gasteiger partial charge on any atom is -0.444 e. The molecule has 29 heavy (non-hydrogen) atoms. The fourth-order valence-electron chi connectivity index (χ4n) is 4.47. The Hall–Kier alpha value is -2.90. The van der Waals surface area contributed by atoms with E-state index in [0.717, 1.165) is 12.8 Å². The van der Waals surface area contributed by atoms with Crippen LogP contribution in [0.4, 0.5) is 4.79 Å². The van der Waals surface area contributed by atoms with Crippen LogP contribution >= 0.6 is 0 Å². The van der Waals surface area contributed by atoms with Crippen LogP contribution in [-0.2, 0) is 14.4 Å². The van der Waals surface area contributed by atoms with Gasteiger partial charge in [0.25, 0.3) is 11.8 Å². The van der Waals surface area contributed by atoms with Crippen molar-refractivity contribution in [3.05, 3.63) is 35.4 Å². The number of hydrogen-bond donors (Lipinski definition) is 0. The van der Waals surface area contributed by atoms with Crippen molar-refractivity contribution in [2.45, 2.75) is 57.6 Å². The summed E-state index contributed by atoms with van der Waals surface area (Å²) < 4.78 is 5.50. The highest BCUT2D eigenvalue weighted by Crippen LogP contribution is 2.53. The fourth-order valence-corrected chi connectivity index (χ4v) is 4.47. The standard InChI is InChI=1S/C21H24N2O6/c1-20(2,3)28-19(27)22-12-13-10-21(22,11-13)9-8-16(24)29-23-17(25)14-6-4-5-7-15(14)18(23)26/h4-7,13H,8-12H2,1-3H3. The van der Waals surface area contributed by atoms with E-state index < -0.39 is 28.9 Å². The van der Waals surface area contributed by atoms with Crippen molar-refractivity contribution in [2.75, 3.05) is 6.54 Å². The molecule has 0 spiro atoms. The average molecular weight is 400 g/mol. The molecule has 0 atom stereocenters. The summed E-state index contributed by atoms with van der Waals surface area (Å²) in [5, 5.41) is 0.522. The van der Waals surface area contributed by atoms with Gasteiger partial charge < -0.3 is 14.5 Å². The summed E-state index contributed by atoms with van der Waals surface area (Å²) >= 11 is 0. The number of hydroxylamine groups is 2. The first-order valence-electron chi connectivity index (χ1n) is 9.79. The van der Waals surface area contributed by atoms with E-state index >= 15 is 0 Å². The van der Waals surface area contributed by atoms with Gasteiger partial charge in [-0.1, -0.05) is 17.2 Å². The number of ether oxygens (including phenoxy) is 1. The number of nitrogens with zero attached hydrogens (tertiary/aromatic N) is 2. The first-order valence-corrected chi connectivity index (χ1v) is 9.79. The van der Waals surface area contributed by atoms with Crippen LogP contribution in [0, 0.1) is 5.92 Å². The zero-order chi connectivity index (χ0) is 21.0. The van der Waals surface area contributed by atoms with E-state index in [1.54, 1.807) is 17.0 Å². The number of hydrogen-bond acceptors (Lipinski definition) is 6. The fraction of sp³-hybridized carbons (Fsp3) is 0.524. The summed E-state index contributed by atoms with van der Waals surface area (Å²) in [7, 11) is 0. The molecule has 1 aromatic carbocycles. The van der Waals surface area contributed by atoms with Gasteiger partial charge in [-0.2, -0.15) is 0 Å². The van der Waals surface area contributed by atoms with Crippen LogP contribution in [0.3, 0.4) is 0 Å². The van der Waals surface area contributed by atoms with E-state index in [2.05, 4.69) is 0 Å². The topological polar surface area (TPSA) is 93.2 Å². The zero-order valence-electron chi connectivity index (χ0n) is 16.8. The Labute approximate surface area is 168 Å². The van der Waals surface area contributed by atoms with Crippen molar-refractivity contribution < 1.29 is 28.8 Å². The van der Waals surface area contributed by atoms with Crippen molar-refractivity contribution in [2.24, 2.45) is 5.92 Å². The molecule has 3 heterocycles. The number of carbonyl (C=O) groups is 4. The third kappa shape index (κ3) is 3.36. The van der Waals surface area contributed by atoms with Gasteiger partial charge in [-0.05, 0) is 58.1 Å². The molecule has 0 unspecified atom stereocenters. The molecule has 3 aliphatic heterocycles.